The molecule has 6 rings (SSSR count). The van der Waals surface area contributed by atoms with Gasteiger partial charge >= 0.3 is 21.5 Å². The zero-order valence-electron chi connectivity index (χ0n) is 24.9. The molecule has 0 spiro atoms. The summed E-state index contributed by atoms with van der Waals surface area (Å²) in [4.78, 5) is 19.1. The number of carbonyl (C=O) groups excluding carboxylic acids is 1. The third-order valence-electron chi connectivity index (χ3n) is 9.37. The summed E-state index contributed by atoms with van der Waals surface area (Å²) in [7, 11) is -4.03. The van der Waals surface area contributed by atoms with E-state index in [4.69, 9.17) is 32.9 Å². The van der Waals surface area contributed by atoms with Gasteiger partial charge in [-0.15, -0.1) is 0 Å². The fourth-order valence-corrected chi connectivity index (χ4v) is 7.92. The number of carbonyl (C=O) groups is 1. The van der Waals surface area contributed by atoms with Gasteiger partial charge in [0.2, 0.25) is 0 Å². The monoisotopic (exact) mass is 693 g/mol. The molecule has 46 heavy (non-hydrogen) atoms. The van der Waals surface area contributed by atoms with Crippen molar-refractivity contribution in [3.8, 4) is 0 Å². The van der Waals surface area contributed by atoms with Gasteiger partial charge in [-0.25, -0.2) is 13.4 Å². The highest BCUT2D eigenvalue weighted by atomic mass is 35.5. The lowest BCUT2D eigenvalue weighted by Gasteiger charge is -2.34. The number of hydrogen-bond acceptors (Lipinski definition) is 5. The number of esters is 1. The summed E-state index contributed by atoms with van der Waals surface area (Å²) in [6.07, 6.45) is 3.58. The van der Waals surface area contributed by atoms with Crippen LogP contribution in [0.4, 0.5) is 13.2 Å². The molecule has 244 valence electrons. The lowest BCUT2D eigenvalue weighted by Crippen LogP contribution is -2.45. The van der Waals surface area contributed by atoms with Gasteiger partial charge in [-0.3, -0.25) is 4.79 Å². The van der Waals surface area contributed by atoms with Crippen molar-refractivity contribution in [1.82, 2.24) is 13.9 Å². The van der Waals surface area contributed by atoms with Crippen LogP contribution in [0.15, 0.2) is 66.7 Å². The van der Waals surface area contributed by atoms with Crippen molar-refractivity contribution in [3.05, 3.63) is 99.3 Å². The molecular weight excluding hydrogens is 662 g/mol. The molecule has 0 atom stereocenters. The summed E-state index contributed by atoms with van der Waals surface area (Å²) in [6.45, 7) is 0.0439. The number of methoxy groups -OCH3 is 1. The van der Waals surface area contributed by atoms with Crippen LogP contribution in [0.2, 0.25) is 10.0 Å². The third kappa shape index (κ3) is 5.69. The van der Waals surface area contributed by atoms with E-state index in [9.17, 15) is 26.4 Å². The molecule has 0 amide bonds. The quantitative estimate of drug-likeness (QED) is 0.140. The maximum Gasteiger partial charge on any atom is 0.511 e. The largest absolute Gasteiger partial charge is 0.511 e. The maximum atomic E-state index is 14.0. The van der Waals surface area contributed by atoms with Crippen LogP contribution < -0.4 is 0 Å². The Morgan fingerprint density at radius 3 is 1.91 bits per heavy atom. The van der Waals surface area contributed by atoms with Gasteiger partial charge in [0.1, 0.15) is 11.2 Å². The molecule has 1 aliphatic carbocycles. The first-order valence-corrected chi connectivity index (χ1v) is 17.2. The van der Waals surface area contributed by atoms with Crippen LogP contribution in [0.1, 0.15) is 60.5 Å². The maximum absolute atomic E-state index is 14.0. The molecule has 3 aromatic carbocycles. The molecule has 0 N–H and O–H groups in total. The van der Waals surface area contributed by atoms with Crippen LogP contribution in [-0.4, -0.2) is 54.0 Å². The smallest absolute Gasteiger partial charge is 0.468 e. The molecule has 2 fully saturated rings. The van der Waals surface area contributed by atoms with E-state index in [1.807, 2.05) is 18.2 Å². The Morgan fingerprint density at radius 2 is 1.43 bits per heavy atom. The molecule has 1 aliphatic heterocycles. The summed E-state index contributed by atoms with van der Waals surface area (Å²) < 4.78 is 71.7. The average molecular weight is 695 g/mol. The molecule has 1 aromatic heterocycles. The number of aromatic nitrogens is 2. The van der Waals surface area contributed by atoms with Crippen molar-refractivity contribution < 1.29 is 31.1 Å². The zero-order valence-corrected chi connectivity index (χ0v) is 27.3. The Morgan fingerprint density at radius 1 is 0.891 bits per heavy atom. The van der Waals surface area contributed by atoms with E-state index >= 15 is 0 Å². The number of rotatable bonds is 8. The SMILES string of the molecule is COC(=O)C(c1ccc(Cl)cc1)(c1ccc(Cl)cc1)c1ccc2nc(C3CCC3)n(CC3CCN(S(=O)(=O)C(F)(F)F)CC3)c2c1. The molecule has 0 radical (unpaired) electrons. The molecular formula is C33H32Cl2F3N3O4S. The Hall–Kier alpha value is -3.12. The highest BCUT2D eigenvalue weighted by Crippen LogP contribution is 2.44. The van der Waals surface area contributed by atoms with Gasteiger partial charge in [0, 0.05) is 35.6 Å². The Labute approximate surface area is 275 Å². The minimum Gasteiger partial charge on any atom is -0.468 e. The number of piperidine rings is 1. The third-order valence-corrected chi connectivity index (χ3v) is 11.5. The number of sulfonamides is 1. The highest BCUT2D eigenvalue weighted by Gasteiger charge is 2.50. The summed E-state index contributed by atoms with van der Waals surface area (Å²) >= 11 is 12.5. The summed E-state index contributed by atoms with van der Waals surface area (Å²) in [5.74, 6) is 0.544. The minimum absolute atomic E-state index is 0.0718. The van der Waals surface area contributed by atoms with Gasteiger partial charge in [-0.2, -0.15) is 17.5 Å². The van der Waals surface area contributed by atoms with Crippen LogP contribution >= 0.6 is 23.2 Å². The van der Waals surface area contributed by atoms with Gasteiger partial charge in [0.25, 0.3) is 0 Å². The molecule has 2 heterocycles. The van der Waals surface area contributed by atoms with E-state index < -0.39 is 26.9 Å². The highest BCUT2D eigenvalue weighted by molar-refractivity contribution is 7.90. The number of imidazole rings is 1. The predicted molar refractivity (Wildman–Crippen MR) is 170 cm³/mol. The second-order valence-electron chi connectivity index (χ2n) is 12.0. The fourth-order valence-electron chi connectivity index (χ4n) is 6.69. The van der Waals surface area contributed by atoms with Crippen molar-refractivity contribution in [2.24, 2.45) is 5.92 Å². The predicted octanol–water partition coefficient (Wildman–Crippen LogP) is 7.68. The molecule has 7 nitrogen and oxygen atoms in total. The Bertz CT molecular complexity index is 1800. The number of benzene rings is 3. The van der Waals surface area contributed by atoms with Crippen LogP contribution in [-0.2, 0) is 31.5 Å². The van der Waals surface area contributed by atoms with E-state index in [0.29, 0.717) is 37.6 Å². The van der Waals surface area contributed by atoms with E-state index in [1.165, 1.54) is 7.11 Å². The van der Waals surface area contributed by atoms with Crippen molar-refractivity contribution in [3.63, 3.8) is 0 Å². The number of fused-ring (bicyclic) bond motifs is 1. The number of nitrogens with zero attached hydrogens (tertiary/aromatic N) is 3. The fraction of sp³-hybridized carbons (Fsp3) is 0.394. The van der Waals surface area contributed by atoms with Crippen LogP contribution in [0.5, 0.6) is 0 Å². The molecule has 1 saturated heterocycles. The molecule has 0 unspecified atom stereocenters. The normalized spacial score (nSPS) is 17.3. The van der Waals surface area contributed by atoms with E-state index in [-0.39, 0.29) is 37.8 Å². The lowest BCUT2D eigenvalue weighted by molar-refractivity contribution is -0.144. The van der Waals surface area contributed by atoms with Crippen molar-refractivity contribution in [2.75, 3.05) is 20.2 Å². The zero-order chi connectivity index (χ0) is 32.9. The van der Waals surface area contributed by atoms with Gasteiger partial charge in [-0.1, -0.05) is 60.0 Å². The van der Waals surface area contributed by atoms with Gasteiger partial charge in [0.05, 0.1) is 18.1 Å². The van der Waals surface area contributed by atoms with Crippen LogP contribution in [0, 0.1) is 5.92 Å². The molecule has 13 heteroatoms. The van der Waals surface area contributed by atoms with Crippen LogP contribution in [0.3, 0.4) is 0 Å². The minimum atomic E-state index is -5.37. The molecule has 2 aliphatic rings. The first-order valence-electron chi connectivity index (χ1n) is 15.0. The standard InChI is InChI=1S/C33H32Cl2F3N3O4S/c1-45-31(42)32(23-5-10-26(34)11-6-23,24-7-12-27(35)13-8-24)25-9-14-28-29(19-25)41(30(39-28)22-3-2-4-22)20-21-15-17-40(18-16-21)46(43,44)33(36,37)38/h5-14,19,21-22H,2-4,15-18,20H2,1H3. The first kappa shape index (κ1) is 32.8. The Balaban J connectivity index is 1.46. The van der Waals surface area contributed by atoms with Gasteiger partial charge in [-0.05, 0) is 84.7 Å². The number of hydrogen-bond donors (Lipinski definition) is 0. The topological polar surface area (TPSA) is 81.5 Å². The van der Waals surface area contributed by atoms with Gasteiger partial charge in [0.15, 0.2) is 0 Å². The molecule has 0 bridgehead atoms. The second-order valence-corrected chi connectivity index (χ2v) is 14.8. The summed E-state index contributed by atoms with van der Waals surface area (Å²) in [5.41, 5.74) is -3.32. The Kier molecular flexibility index (Phi) is 8.90. The lowest BCUT2D eigenvalue weighted by atomic mass is 9.69. The summed E-state index contributed by atoms with van der Waals surface area (Å²) in [5, 5.41) is 1.01. The summed E-state index contributed by atoms with van der Waals surface area (Å²) in [6, 6.07) is 19.7. The van der Waals surface area contributed by atoms with E-state index in [2.05, 4.69) is 4.57 Å². The van der Waals surface area contributed by atoms with Crippen molar-refractivity contribution in [1.29, 1.82) is 0 Å². The molecule has 1 saturated carbocycles. The average Bonchev–Trinajstić information content (AvgIpc) is 3.34. The van der Waals surface area contributed by atoms with Crippen LogP contribution in [0.25, 0.3) is 11.0 Å². The van der Waals surface area contributed by atoms with Crippen molar-refractivity contribution in [2.45, 2.75) is 55.5 Å². The number of ether oxygens (including phenoxy) is 1. The number of halogens is 5. The van der Waals surface area contributed by atoms with E-state index in [0.717, 1.165) is 36.1 Å². The molecule has 4 aromatic rings. The second kappa shape index (κ2) is 12.5. The van der Waals surface area contributed by atoms with E-state index in [1.54, 1.807) is 48.5 Å². The van der Waals surface area contributed by atoms with Gasteiger partial charge < -0.3 is 9.30 Å². The first-order chi connectivity index (χ1) is 21.9. The van der Waals surface area contributed by atoms with Crippen molar-refractivity contribution >= 4 is 50.2 Å². The number of alkyl halides is 3.